The molecule has 0 radical (unpaired) electrons. The molecule has 0 aliphatic heterocycles. The molecule has 0 aliphatic rings. The van der Waals surface area contributed by atoms with Crippen LogP contribution in [0.25, 0.3) is 11.2 Å². The van der Waals surface area contributed by atoms with Crippen LogP contribution >= 0.6 is 0 Å². The summed E-state index contributed by atoms with van der Waals surface area (Å²) in [6.45, 7) is 4.07. The van der Waals surface area contributed by atoms with Crippen LogP contribution in [0.4, 0.5) is 0 Å². The van der Waals surface area contributed by atoms with Crippen molar-refractivity contribution in [2.45, 2.75) is 25.8 Å². The van der Waals surface area contributed by atoms with E-state index in [4.69, 9.17) is 10.5 Å². The van der Waals surface area contributed by atoms with Crippen LogP contribution in [0.1, 0.15) is 19.3 Å². The molecule has 0 saturated heterocycles. The Morgan fingerprint density at radius 2 is 2.09 bits per heavy atom. The predicted molar refractivity (Wildman–Crippen MR) is 84.0 cm³/mol. The molecular weight excluding hydrogens is 298 g/mol. The molecule has 23 heavy (non-hydrogen) atoms. The van der Waals surface area contributed by atoms with E-state index >= 15 is 0 Å². The second-order valence-corrected chi connectivity index (χ2v) is 4.53. The highest BCUT2D eigenvalue weighted by Gasteiger charge is 2.11. The van der Waals surface area contributed by atoms with Crippen LogP contribution in [-0.4, -0.2) is 19.1 Å². The van der Waals surface area contributed by atoms with Gasteiger partial charge < -0.3 is 4.98 Å². The second kappa shape index (κ2) is 8.85. The van der Waals surface area contributed by atoms with Gasteiger partial charge in [0.2, 0.25) is 0 Å². The summed E-state index contributed by atoms with van der Waals surface area (Å²) in [5, 5.41) is 16.7. The first kappa shape index (κ1) is 17.7. The van der Waals surface area contributed by atoms with E-state index in [0.29, 0.717) is 17.7 Å². The number of allylic oxidation sites excluding steroid dienone is 1. The number of aryl methyl sites for hydroxylation is 1. The quantitative estimate of drug-likeness (QED) is 0.353. The number of nitrogens with zero attached hydrogens (tertiary/aromatic N) is 5. The highest BCUT2D eigenvalue weighted by atomic mass is 16.2. The number of rotatable bonds is 5. The number of nitrogens with one attached hydrogen (secondary N) is 2. The lowest BCUT2D eigenvalue weighted by Gasteiger charge is -2.07. The van der Waals surface area contributed by atoms with Crippen molar-refractivity contribution < 1.29 is 0 Å². The molecule has 2 aromatic heterocycles. The monoisotopic (exact) mass is 315 g/mol. The van der Waals surface area contributed by atoms with Crippen LogP contribution in [0.2, 0.25) is 0 Å². The summed E-state index contributed by atoms with van der Waals surface area (Å²) in [6.07, 6.45) is 8.65. The summed E-state index contributed by atoms with van der Waals surface area (Å²) < 4.78 is 2.64. The van der Waals surface area contributed by atoms with Gasteiger partial charge in [-0.3, -0.25) is 13.9 Å². The molecule has 0 atom stereocenters. The van der Waals surface area contributed by atoms with Crippen molar-refractivity contribution >= 4 is 11.2 Å². The van der Waals surface area contributed by atoms with Crippen molar-refractivity contribution in [3.8, 4) is 12.4 Å². The average molecular weight is 315 g/mol. The van der Waals surface area contributed by atoms with E-state index < -0.39 is 0 Å². The summed E-state index contributed by atoms with van der Waals surface area (Å²) in [4.78, 5) is 30.9. The molecule has 2 aromatic rings. The predicted octanol–water partition coefficient (Wildman–Crippen LogP) is 0.318. The minimum absolute atomic E-state index is 0.302. The van der Waals surface area contributed by atoms with Gasteiger partial charge in [0.15, 0.2) is 18.0 Å². The van der Waals surface area contributed by atoms with Crippen molar-refractivity contribution in [1.29, 1.82) is 10.5 Å². The van der Waals surface area contributed by atoms with E-state index in [-0.39, 0.29) is 11.2 Å². The number of H-pyrrole nitrogens is 1. The fourth-order valence-corrected chi connectivity index (χ4v) is 1.97. The summed E-state index contributed by atoms with van der Waals surface area (Å²) in [7, 11) is 1.62. The third-order valence-corrected chi connectivity index (χ3v) is 3.07. The molecule has 0 amide bonds. The first-order chi connectivity index (χ1) is 11.1. The van der Waals surface area contributed by atoms with Crippen LogP contribution in [-0.2, 0) is 13.6 Å². The lowest BCUT2D eigenvalue weighted by molar-refractivity contribution is 0.557. The average Bonchev–Trinajstić information content (AvgIpc) is 3.03. The second-order valence-electron chi connectivity index (χ2n) is 4.53. The number of unbranched alkanes of at least 4 members (excludes halogenated alkanes) is 2. The zero-order chi connectivity index (χ0) is 17.2. The number of aromatic amines is 1. The van der Waals surface area contributed by atoms with Gasteiger partial charge in [0, 0.05) is 13.6 Å². The van der Waals surface area contributed by atoms with E-state index in [0.717, 1.165) is 19.3 Å². The maximum atomic E-state index is 12.1. The van der Waals surface area contributed by atoms with Gasteiger partial charge in [0.25, 0.3) is 5.56 Å². The Bertz CT molecular complexity index is 848. The van der Waals surface area contributed by atoms with Gasteiger partial charge in [-0.15, -0.1) is 6.58 Å². The van der Waals surface area contributed by atoms with Crippen LogP contribution < -0.4 is 16.6 Å². The molecule has 2 heterocycles. The zero-order valence-corrected chi connectivity index (χ0v) is 12.7. The molecule has 0 bridgehead atoms. The maximum Gasteiger partial charge on any atom is 0.332 e. The third-order valence-electron chi connectivity index (χ3n) is 3.07. The van der Waals surface area contributed by atoms with E-state index in [2.05, 4.69) is 16.5 Å². The summed E-state index contributed by atoms with van der Waals surface area (Å²) in [5.74, 6) is 0. The van der Waals surface area contributed by atoms with Gasteiger partial charge in [0.05, 0.1) is 6.33 Å². The number of imidazole rings is 1. The lowest BCUT2D eigenvalue weighted by atomic mass is 10.2. The minimum atomic E-state index is -0.321. The van der Waals surface area contributed by atoms with Crippen LogP contribution in [0, 0.1) is 22.9 Å². The number of hydrogen-bond donors (Lipinski definition) is 2. The molecule has 2 N–H and O–H groups in total. The fraction of sp³-hybridized carbons (Fsp3) is 0.357. The summed E-state index contributed by atoms with van der Waals surface area (Å²) in [5.41, 5.74) is 0.149. The van der Waals surface area contributed by atoms with Crippen LogP contribution in [0.5, 0.6) is 0 Å². The van der Waals surface area contributed by atoms with Gasteiger partial charge in [0.1, 0.15) is 5.52 Å². The van der Waals surface area contributed by atoms with Crippen molar-refractivity contribution in [3.05, 3.63) is 39.8 Å². The summed E-state index contributed by atoms with van der Waals surface area (Å²) in [6, 6.07) is 0. The zero-order valence-electron chi connectivity index (χ0n) is 12.7. The Kier molecular flexibility index (Phi) is 6.82. The molecule has 0 spiro atoms. The fourth-order valence-electron chi connectivity index (χ4n) is 1.97. The number of nitriles is 2. The van der Waals surface area contributed by atoms with E-state index in [9.17, 15) is 9.59 Å². The Morgan fingerprint density at radius 3 is 2.65 bits per heavy atom. The molecule has 120 valence electrons. The van der Waals surface area contributed by atoms with Crippen LogP contribution in [0.3, 0.4) is 0 Å². The molecule has 9 heteroatoms. The highest BCUT2D eigenvalue weighted by molar-refractivity contribution is 5.68. The van der Waals surface area contributed by atoms with Crippen molar-refractivity contribution in [2.24, 2.45) is 7.05 Å². The first-order valence-electron chi connectivity index (χ1n) is 6.85. The Morgan fingerprint density at radius 1 is 1.39 bits per heavy atom. The van der Waals surface area contributed by atoms with Gasteiger partial charge >= 0.3 is 5.69 Å². The highest BCUT2D eigenvalue weighted by Crippen LogP contribution is 2.01. The number of fused-ring (bicyclic) bond motifs is 1. The first-order valence-corrected chi connectivity index (χ1v) is 6.85. The standard InChI is InChI=1S/C12H16N4O2.C2HN3/c1-3-4-5-6-7-16-11(17)9-10(14-8-13-9)15(2)12(16)18;3-1-5-2-4/h3,8H,1,4-7H2,2H3,(H,13,14);5H. The topological polar surface area (TPSA) is 132 Å². The molecule has 0 saturated carbocycles. The molecular formula is C14H17N7O2. The molecule has 0 aromatic carbocycles. The molecule has 0 aliphatic carbocycles. The SMILES string of the molecule is C=CCCCCn1c(=O)c2[nH]cnc2n(C)c1=O.N#CNC#N. The van der Waals surface area contributed by atoms with Crippen LogP contribution in [0.15, 0.2) is 28.6 Å². The van der Waals surface area contributed by atoms with E-state index in [1.54, 1.807) is 12.4 Å². The van der Waals surface area contributed by atoms with Crippen molar-refractivity contribution in [1.82, 2.24) is 24.4 Å². The normalized spacial score (nSPS) is 9.35. The smallest absolute Gasteiger partial charge is 0.332 e. The van der Waals surface area contributed by atoms with Crippen molar-refractivity contribution in [3.63, 3.8) is 0 Å². The van der Waals surface area contributed by atoms with E-state index in [1.807, 2.05) is 6.08 Å². The van der Waals surface area contributed by atoms with Gasteiger partial charge in [-0.2, -0.15) is 10.5 Å². The number of aromatic nitrogens is 4. The molecule has 9 nitrogen and oxygen atoms in total. The van der Waals surface area contributed by atoms with Gasteiger partial charge in [-0.05, 0) is 19.3 Å². The Hall–Kier alpha value is -3.33. The minimum Gasteiger partial charge on any atom is -0.339 e. The number of hydrogen-bond acceptors (Lipinski definition) is 6. The molecule has 0 fully saturated rings. The maximum absolute atomic E-state index is 12.1. The Labute approximate surface area is 132 Å². The van der Waals surface area contributed by atoms with Gasteiger partial charge in [-0.25, -0.2) is 15.1 Å². The van der Waals surface area contributed by atoms with Crippen molar-refractivity contribution in [2.75, 3.05) is 0 Å². The third kappa shape index (κ3) is 4.32. The summed E-state index contributed by atoms with van der Waals surface area (Å²) >= 11 is 0. The Balaban J connectivity index is 0.000000463. The van der Waals surface area contributed by atoms with Gasteiger partial charge in [-0.1, -0.05) is 6.08 Å². The molecule has 2 rings (SSSR count). The lowest BCUT2D eigenvalue weighted by Crippen LogP contribution is -2.39. The largest absolute Gasteiger partial charge is 0.339 e. The molecule has 0 unspecified atom stereocenters. The van der Waals surface area contributed by atoms with E-state index in [1.165, 1.54) is 27.8 Å².